The smallest absolute Gasteiger partial charge is 0.257 e. The highest BCUT2D eigenvalue weighted by Gasteiger charge is 2.48. The van der Waals surface area contributed by atoms with Crippen molar-refractivity contribution in [1.29, 1.82) is 0 Å². The molecule has 2 amide bonds. The van der Waals surface area contributed by atoms with Crippen LogP contribution < -0.4 is 21.1 Å². The Bertz CT molecular complexity index is 1070. The van der Waals surface area contributed by atoms with Gasteiger partial charge in [-0.1, -0.05) is 30.0 Å². The van der Waals surface area contributed by atoms with Crippen molar-refractivity contribution in [1.82, 2.24) is 15.5 Å². The van der Waals surface area contributed by atoms with E-state index >= 15 is 0 Å². The average Bonchev–Trinajstić information content (AvgIpc) is 3.22. The minimum absolute atomic E-state index is 0.00994. The van der Waals surface area contributed by atoms with E-state index in [1.165, 1.54) is 0 Å². The van der Waals surface area contributed by atoms with Crippen molar-refractivity contribution in [3.8, 4) is 17.6 Å². The molecule has 4 rings (SSSR count). The van der Waals surface area contributed by atoms with E-state index in [4.69, 9.17) is 10.5 Å². The molecule has 0 bridgehead atoms. The van der Waals surface area contributed by atoms with Gasteiger partial charge >= 0.3 is 0 Å². The molecular weight excluding hydrogens is 396 g/mol. The van der Waals surface area contributed by atoms with E-state index in [9.17, 15) is 14.7 Å². The number of methoxy groups -OCH3 is 1. The van der Waals surface area contributed by atoms with Gasteiger partial charge in [0.1, 0.15) is 5.75 Å². The Hall–Kier alpha value is -3.38. The number of fused-ring (bicyclic) bond motifs is 1. The van der Waals surface area contributed by atoms with E-state index in [1.807, 2.05) is 30.3 Å². The second-order valence-electron chi connectivity index (χ2n) is 7.60. The molecule has 2 atom stereocenters. The van der Waals surface area contributed by atoms with Crippen LogP contribution in [-0.2, 0) is 17.8 Å². The minimum atomic E-state index is -1.43. The van der Waals surface area contributed by atoms with Crippen LogP contribution in [0.3, 0.4) is 0 Å². The zero-order valence-corrected chi connectivity index (χ0v) is 17.1. The highest BCUT2D eigenvalue weighted by Crippen LogP contribution is 2.28. The van der Waals surface area contributed by atoms with Crippen LogP contribution in [0.2, 0.25) is 0 Å². The van der Waals surface area contributed by atoms with Crippen LogP contribution in [0.5, 0.6) is 5.75 Å². The quantitative estimate of drug-likeness (QED) is 0.504. The number of amides is 2. The second kappa shape index (κ2) is 8.40. The Balaban J connectivity index is 1.60. The van der Waals surface area contributed by atoms with Crippen molar-refractivity contribution in [3.63, 3.8) is 0 Å². The summed E-state index contributed by atoms with van der Waals surface area (Å²) in [5.74, 6) is 5.87. The maximum atomic E-state index is 12.9. The lowest BCUT2D eigenvalue weighted by Crippen LogP contribution is -2.54. The molecule has 2 heterocycles. The van der Waals surface area contributed by atoms with E-state index < -0.39 is 17.8 Å². The number of aliphatic hydroxyl groups excluding tert-OH is 1. The molecule has 8 nitrogen and oxygen atoms in total. The summed E-state index contributed by atoms with van der Waals surface area (Å²) in [6.45, 7) is 0.901. The molecule has 8 heteroatoms. The molecule has 160 valence electrons. The van der Waals surface area contributed by atoms with Crippen LogP contribution in [-0.4, -0.2) is 53.9 Å². The lowest BCUT2D eigenvalue weighted by Gasteiger charge is -2.26. The van der Waals surface area contributed by atoms with Crippen LogP contribution >= 0.6 is 0 Å². The first-order valence-corrected chi connectivity index (χ1v) is 9.99. The van der Waals surface area contributed by atoms with Crippen molar-refractivity contribution in [2.75, 3.05) is 20.2 Å². The number of carbonyl (C=O) groups excluding carboxylic acids is 2. The number of hydrogen-bond donors (Lipinski definition) is 4. The third-order valence-corrected chi connectivity index (χ3v) is 5.47. The minimum Gasteiger partial charge on any atom is -0.497 e. The van der Waals surface area contributed by atoms with Gasteiger partial charge in [-0.15, -0.1) is 0 Å². The van der Waals surface area contributed by atoms with Gasteiger partial charge in [-0.25, -0.2) is 5.32 Å². The van der Waals surface area contributed by atoms with Gasteiger partial charge in [-0.3, -0.25) is 9.59 Å². The van der Waals surface area contributed by atoms with E-state index in [-0.39, 0.29) is 12.5 Å². The second-order valence-corrected chi connectivity index (χ2v) is 7.60. The maximum Gasteiger partial charge on any atom is 0.257 e. The fraction of sp³-hybridized carbons (Fsp3) is 0.304. The highest BCUT2D eigenvalue weighted by molar-refractivity contribution is 6.00. The molecular formula is C23H24N4O4. The van der Waals surface area contributed by atoms with Crippen LogP contribution in [0.4, 0.5) is 0 Å². The third-order valence-electron chi connectivity index (χ3n) is 5.47. The van der Waals surface area contributed by atoms with Crippen LogP contribution in [0, 0.1) is 11.8 Å². The molecule has 2 aliphatic rings. The van der Waals surface area contributed by atoms with Gasteiger partial charge in [0.2, 0.25) is 0 Å². The molecule has 2 aromatic rings. The highest BCUT2D eigenvalue weighted by atomic mass is 16.5. The molecule has 0 aliphatic carbocycles. The van der Waals surface area contributed by atoms with Gasteiger partial charge in [0.15, 0.2) is 11.9 Å². The summed E-state index contributed by atoms with van der Waals surface area (Å²) in [5, 5.41) is 15.2. The number of nitrogens with zero attached hydrogens (tertiary/aromatic N) is 1. The summed E-state index contributed by atoms with van der Waals surface area (Å²) in [6, 6.07) is 12.9. The Morgan fingerprint density at radius 1 is 1.26 bits per heavy atom. The number of nitrogens with one attached hydrogen (secondary N) is 2. The van der Waals surface area contributed by atoms with E-state index in [1.54, 1.807) is 24.1 Å². The normalized spacial score (nSPS) is 22.0. The van der Waals surface area contributed by atoms with E-state index in [2.05, 4.69) is 22.5 Å². The Kier molecular flexibility index (Phi) is 5.65. The standard InChI is InChI=1S/C23H24N4O4/c1-31-18-7-6-17-13-27(20(28)19(17)12-18)14-23(21(29)25-22(30)26-23)10-8-15-2-4-16(5-3-15)9-11-24/h2-7,12,22,26,30H,9,11,13-14,24H2,1H3,(H,25,29)/t22?,23-/m1/s1. The first-order valence-electron chi connectivity index (χ1n) is 9.99. The summed E-state index contributed by atoms with van der Waals surface area (Å²) in [4.78, 5) is 27.2. The molecule has 0 radical (unpaired) electrons. The summed E-state index contributed by atoms with van der Waals surface area (Å²) in [5.41, 5.74) is 7.36. The van der Waals surface area contributed by atoms with Gasteiger partial charge in [0.25, 0.3) is 11.8 Å². The first kappa shape index (κ1) is 20.9. The van der Waals surface area contributed by atoms with Crippen molar-refractivity contribution >= 4 is 11.8 Å². The van der Waals surface area contributed by atoms with Crippen LogP contribution in [0.15, 0.2) is 42.5 Å². The van der Waals surface area contributed by atoms with Crippen molar-refractivity contribution < 1.29 is 19.4 Å². The summed E-state index contributed by atoms with van der Waals surface area (Å²) < 4.78 is 5.21. The molecule has 31 heavy (non-hydrogen) atoms. The molecule has 0 spiro atoms. The van der Waals surface area contributed by atoms with Crippen molar-refractivity contribution in [2.45, 2.75) is 24.9 Å². The zero-order valence-electron chi connectivity index (χ0n) is 17.1. The monoisotopic (exact) mass is 420 g/mol. The predicted molar refractivity (Wildman–Crippen MR) is 114 cm³/mol. The zero-order chi connectivity index (χ0) is 22.0. The molecule has 1 fully saturated rings. The Morgan fingerprint density at radius 2 is 2.03 bits per heavy atom. The lowest BCUT2D eigenvalue weighted by molar-refractivity contribution is -0.123. The number of aliphatic hydroxyl groups is 1. The molecule has 1 unspecified atom stereocenters. The maximum absolute atomic E-state index is 12.9. The molecule has 0 aromatic heterocycles. The van der Waals surface area contributed by atoms with Gasteiger partial charge in [-0.05, 0) is 48.4 Å². The fourth-order valence-electron chi connectivity index (χ4n) is 3.81. The van der Waals surface area contributed by atoms with Crippen molar-refractivity contribution in [3.05, 3.63) is 64.7 Å². The molecule has 0 saturated carbocycles. The average molecular weight is 420 g/mol. The number of ether oxygens (including phenoxy) is 1. The summed E-state index contributed by atoms with van der Waals surface area (Å²) >= 11 is 0. The summed E-state index contributed by atoms with van der Waals surface area (Å²) in [6.07, 6.45) is -0.468. The van der Waals surface area contributed by atoms with Gasteiger partial charge in [-0.2, -0.15) is 0 Å². The van der Waals surface area contributed by atoms with E-state index in [0.717, 1.165) is 23.1 Å². The molecule has 5 N–H and O–H groups in total. The predicted octanol–water partition coefficient (Wildman–Crippen LogP) is -0.0620. The SMILES string of the molecule is COc1ccc2c(c1)C(=O)N(C[C@@]1(C#Cc3ccc(CCN)cc3)NC(O)NC1=O)C2. The lowest BCUT2D eigenvalue weighted by atomic mass is 9.98. The first-order chi connectivity index (χ1) is 14.9. The number of hydrogen-bond acceptors (Lipinski definition) is 6. The molecule has 2 aromatic carbocycles. The van der Waals surface area contributed by atoms with Gasteiger partial charge < -0.3 is 25.8 Å². The Morgan fingerprint density at radius 3 is 2.68 bits per heavy atom. The molecule has 2 aliphatic heterocycles. The topological polar surface area (TPSA) is 117 Å². The van der Waals surface area contributed by atoms with Crippen LogP contribution in [0.25, 0.3) is 0 Å². The van der Waals surface area contributed by atoms with Gasteiger partial charge in [0, 0.05) is 17.7 Å². The molecule has 1 saturated heterocycles. The van der Waals surface area contributed by atoms with E-state index in [0.29, 0.717) is 24.4 Å². The third kappa shape index (κ3) is 4.11. The number of carbonyl (C=O) groups is 2. The Labute approximate surface area is 180 Å². The van der Waals surface area contributed by atoms with Crippen molar-refractivity contribution in [2.24, 2.45) is 5.73 Å². The van der Waals surface area contributed by atoms with Crippen LogP contribution in [0.1, 0.15) is 27.0 Å². The number of benzene rings is 2. The fourth-order valence-corrected chi connectivity index (χ4v) is 3.81. The largest absolute Gasteiger partial charge is 0.497 e. The summed E-state index contributed by atoms with van der Waals surface area (Å²) in [7, 11) is 1.54. The number of nitrogens with two attached hydrogens (primary N) is 1. The number of rotatable bonds is 5. The van der Waals surface area contributed by atoms with Gasteiger partial charge in [0.05, 0.1) is 13.7 Å².